The van der Waals surface area contributed by atoms with Crippen LogP contribution in [0.4, 0.5) is 0 Å². The lowest BCUT2D eigenvalue weighted by molar-refractivity contribution is -0.144. The summed E-state index contributed by atoms with van der Waals surface area (Å²) in [6.45, 7) is 1.49. The first-order valence-electron chi connectivity index (χ1n) is 6.38. The highest BCUT2D eigenvalue weighted by molar-refractivity contribution is 6.35. The first kappa shape index (κ1) is 15.7. The van der Waals surface area contributed by atoms with Gasteiger partial charge in [-0.25, -0.2) is 4.79 Å². The molecular formula is C16H14Cl2O3. The smallest absolute Gasteiger partial charge is 0.344 e. The Morgan fingerprint density at radius 3 is 2.43 bits per heavy atom. The third-order valence-corrected chi connectivity index (χ3v) is 3.58. The number of ether oxygens (including phenoxy) is 1. The van der Waals surface area contributed by atoms with E-state index in [1.807, 2.05) is 18.2 Å². The van der Waals surface area contributed by atoms with Crippen molar-refractivity contribution in [3.63, 3.8) is 0 Å². The minimum Gasteiger partial charge on any atom is -0.479 e. The van der Waals surface area contributed by atoms with Gasteiger partial charge in [0.1, 0.15) is 5.75 Å². The molecule has 0 saturated heterocycles. The molecule has 110 valence electrons. The van der Waals surface area contributed by atoms with Crippen LogP contribution in [-0.4, -0.2) is 17.2 Å². The Morgan fingerprint density at radius 1 is 1.19 bits per heavy atom. The molecule has 1 unspecified atom stereocenters. The van der Waals surface area contributed by atoms with Crippen molar-refractivity contribution in [1.29, 1.82) is 0 Å². The second-order valence-electron chi connectivity index (χ2n) is 4.65. The van der Waals surface area contributed by atoms with Crippen molar-refractivity contribution in [2.24, 2.45) is 0 Å². The molecule has 0 heterocycles. The first-order valence-corrected chi connectivity index (χ1v) is 7.13. The van der Waals surface area contributed by atoms with E-state index in [9.17, 15) is 4.79 Å². The number of aliphatic carboxylic acids is 1. The van der Waals surface area contributed by atoms with Gasteiger partial charge in [0.2, 0.25) is 0 Å². The van der Waals surface area contributed by atoms with Gasteiger partial charge < -0.3 is 9.84 Å². The standard InChI is InChI=1S/C16H14Cl2O3/c1-10(16(19)20)21-14-6-2-11(3-7-14)8-12-4-5-13(17)9-15(12)18/h2-7,9-10H,8H2,1H3,(H,19,20). The van der Waals surface area contributed by atoms with Crippen LogP contribution in [0.5, 0.6) is 5.75 Å². The minimum absolute atomic E-state index is 0.524. The Morgan fingerprint density at radius 2 is 1.86 bits per heavy atom. The van der Waals surface area contributed by atoms with E-state index < -0.39 is 12.1 Å². The molecule has 1 atom stereocenters. The van der Waals surface area contributed by atoms with E-state index in [0.717, 1.165) is 11.1 Å². The van der Waals surface area contributed by atoms with Gasteiger partial charge in [0.15, 0.2) is 6.10 Å². The van der Waals surface area contributed by atoms with Crippen LogP contribution < -0.4 is 4.74 Å². The Kier molecular flexibility index (Phi) is 5.10. The van der Waals surface area contributed by atoms with Gasteiger partial charge in [-0.2, -0.15) is 0 Å². The molecule has 0 spiro atoms. The van der Waals surface area contributed by atoms with Gasteiger partial charge in [0, 0.05) is 10.0 Å². The maximum Gasteiger partial charge on any atom is 0.344 e. The third kappa shape index (κ3) is 4.38. The Balaban J connectivity index is 2.07. The number of rotatable bonds is 5. The summed E-state index contributed by atoms with van der Waals surface area (Å²) in [5, 5.41) is 10.0. The van der Waals surface area contributed by atoms with Gasteiger partial charge in [0.05, 0.1) is 0 Å². The van der Waals surface area contributed by atoms with E-state index >= 15 is 0 Å². The highest BCUT2D eigenvalue weighted by Crippen LogP contribution is 2.24. The molecule has 2 aromatic rings. The molecule has 1 N–H and O–H groups in total. The molecule has 0 aliphatic rings. The predicted molar refractivity (Wildman–Crippen MR) is 83.4 cm³/mol. The molecule has 0 saturated carbocycles. The zero-order valence-corrected chi connectivity index (χ0v) is 12.9. The summed E-state index contributed by atoms with van der Waals surface area (Å²) in [7, 11) is 0. The molecule has 0 aromatic heterocycles. The first-order chi connectivity index (χ1) is 9.95. The van der Waals surface area contributed by atoms with Gasteiger partial charge in [-0.15, -0.1) is 0 Å². The second-order valence-corrected chi connectivity index (χ2v) is 5.50. The number of halogens is 2. The van der Waals surface area contributed by atoms with Crippen LogP contribution in [0, 0.1) is 0 Å². The molecule has 0 aliphatic heterocycles. The normalized spacial score (nSPS) is 12.0. The van der Waals surface area contributed by atoms with Crippen molar-refractivity contribution < 1.29 is 14.6 Å². The number of benzene rings is 2. The molecule has 0 radical (unpaired) electrons. The summed E-state index contributed by atoms with van der Waals surface area (Å²) in [6.07, 6.45) is -0.202. The van der Waals surface area contributed by atoms with Crippen LogP contribution in [0.1, 0.15) is 18.1 Å². The van der Waals surface area contributed by atoms with Crippen LogP contribution in [-0.2, 0) is 11.2 Å². The molecule has 21 heavy (non-hydrogen) atoms. The highest BCUT2D eigenvalue weighted by Gasteiger charge is 2.12. The van der Waals surface area contributed by atoms with Crippen molar-refractivity contribution in [3.8, 4) is 5.75 Å². The van der Waals surface area contributed by atoms with Crippen molar-refractivity contribution in [3.05, 3.63) is 63.6 Å². The molecule has 0 bridgehead atoms. The van der Waals surface area contributed by atoms with Crippen molar-refractivity contribution in [2.75, 3.05) is 0 Å². The fraction of sp³-hybridized carbons (Fsp3) is 0.188. The summed E-state index contributed by atoms with van der Waals surface area (Å²) in [5.74, 6) is -0.470. The summed E-state index contributed by atoms with van der Waals surface area (Å²) in [4.78, 5) is 10.7. The van der Waals surface area contributed by atoms with Crippen molar-refractivity contribution in [2.45, 2.75) is 19.4 Å². The fourth-order valence-electron chi connectivity index (χ4n) is 1.83. The number of hydrogen-bond donors (Lipinski definition) is 1. The molecule has 2 rings (SSSR count). The molecule has 3 nitrogen and oxygen atoms in total. The van der Waals surface area contributed by atoms with Gasteiger partial charge in [-0.1, -0.05) is 41.4 Å². The summed E-state index contributed by atoms with van der Waals surface area (Å²) < 4.78 is 5.28. The number of carbonyl (C=O) groups is 1. The van der Waals surface area contributed by atoms with Crippen LogP contribution >= 0.6 is 23.2 Å². The van der Waals surface area contributed by atoms with Gasteiger partial charge in [-0.05, 0) is 48.7 Å². The van der Waals surface area contributed by atoms with Gasteiger partial charge >= 0.3 is 5.97 Å². The molecule has 2 aromatic carbocycles. The fourth-order valence-corrected chi connectivity index (χ4v) is 2.30. The lowest BCUT2D eigenvalue weighted by Gasteiger charge is -2.11. The average Bonchev–Trinajstić information content (AvgIpc) is 2.43. The Labute approximate surface area is 133 Å². The van der Waals surface area contributed by atoms with E-state index in [4.69, 9.17) is 33.0 Å². The highest BCUT2D eigenvalue weighted by atomic mass is 35.5. The van der Waals surface area contributed by atoms with E-state index in [1.165, 1.54) is 6.92 Å². The van der Waals surface area contributed by atoms with Crippen LogP contribution in [0.25, 0.3) is 0 Å². The Hall–Kier alpha value is -1.71. The van der Waals surface area contributed by atoms with Gasteiger partial charge in [0.25, 0.3) is 0 Å². The lowest BCUT2D eigenvalue weighted by Crippen LogP contribution is -2.22. The second kappa shape index (κ2) is 6.83. The molecular weight excluding hydrogens is 311 g/mol. The minimum atomic E-state index is -0.993. The predicted octanol–water partition coefficient (Wildman–Crippen LogP) is 4.44. The number of hydrogen-bond acceptors (Lipinski definition) is 2. The summed E-state index contributed by atoms with van der Waals surface area (Å²) in [6, 6.07) is 12.7. The average molecular weight is 325 g/mol. The monoisotopic (exact) mass is 324 g/mol. The maximum absolute atomic E-state index is 10.7. The SMILES string of the molecule is CC(Oc1ccc(Cc2ccc(Cl)cc2Cl)cc1)C(=O)O. The van der Waals surface area contributed by atoms with Crippen LogP contribution in [0.2, 0.25) is 10.0 Å². The van der Waals surface area contributed by atoms with E-state index in [0.29, 0.717) is 22.2 Å². The van der Waals surface area contributed by atoms with Crippen molar-refractivity contribution >= 4 is 29.2 Å². The summed E-state index contributed by atoms with van der Waals surface area (Å²) >= 11 is 12.0. The quantitative estimate of drug-likeness (QED) is 0.884. The maximum atomic E-state index is 10.7. The van der Waals surface area contributed by atoms with Crippen LogP contribution in [0.3, 0.4) is 0 Å². The third-order valence-electron chi connectivity index (χ3n) is 2.99. The zero-order chi connectivity index (χ0) is 15.4. The molecule has 0 aliphatic carbocycles. The topological polar surface area (TPSA) is 46.5 Å². The van der Waals surface area contributed by atoms with E-state index in [-0.39, 0.29) is 0 Å². The molecule has 0 fully saturated rings. The number of carboxylic acids is 1. The Bertz CT molecular complexity index is 638. The van der Waals surface area contributed by atoms with Gasteiger partial charge in [-0.3, -0.25) is 0 Å². The molecule has 5 heteroatoms. The van der Waals surface area contributed by atoms with Crippen molar-refractivity contribution in [1.82, 2.24) is 0 Å². The zero-order valence-electron chi connectivity index (χ0n) is 11.3. The summed E-state index contributed by atoms with van der Waals surface area (Å²) in [5.41, 5.74) is 2.03. The largest absolute Gasteiger partial charge is 0.479 e. The lowest BCUT2D eigenvalue weighted by atomic mass is 10.0. The van der Waals surface area contributed by atoms with Crippen LogP contribution in [0.15, 0.2) is 42.5 Å². The molecule has 0 amide bonds. The van der Waals surface area contributed by atoms with E-state index in [1.54, 1.807) is 24.3 Å². The van der Waals surface area contributed by atoms with E-state index in [2.05, 4.69) is 0 Å². The number of carboxylic acid groups (broad SMARTS) is 1.